The minimum absolute atomic E-state index is 0.232. The molecule has 12 heavy (non-hydrogen) atoms. The molecule has 0 N–H and O–H groups in total. The average Bonchev–Trinajstić information content (AvgIpc) is 2.05. The SMILES string of the molecule is Cc1ncncc1C(=O)N=[N+]=[N-]. The van der Waals surface area contributed by atoms with Crippen LogP contribution in [0.4, 0.5) is 0 Å². The van der Waals surface area contributed by atoms with E-state index in [2.05, 4.69) is 20.0 Å². The van der Waals surface area contributed by atoms with E-state index in [1.54, 1.807) is 6.92 Å². The number of hydrogen-bond acceptors (Lipinski definition) is 3. The molecular formula is C6H5N5O. The Morgan fingerprint density at radius 1 is 1.75 bits per heavy atom. The van der Waals surface area contributed by atoms with E-state index in [1.807, 2.05) is 0 Å². The fourth-order valence-electron chi connectivity index (χ4n) is 0.695. The molecule has 0 aliphatic carbocycles. The van der Waals surface area contributed by atoms with Crippen LogP contribution in [0.1, 0.15) is 16.1 Å². The van der Waals surface area contributed by atoms with Crippen LogP contribution in [0.15, 0.2) is 17.6 Å². The monoisotopic (exact) mass is 163 g/mol. The number of azide groups is 1. The van der Waals surface area contributed by atoms with Crippen LogP contribution in [-0.4, -0.2) is 15.9 Å². The fourth-order valence-corrected chi connectivity index (χ4v) is 0.695. The molecule has 0 aliphatic rings. The molecule has 1 amide bonds. The number of nitrogens with zero attached hydrogens (tertiary/aromatic N) is 5. The average molecular weight is 163 g/mol. The Kier molecular flexibility index (Phi) is 2.35. The molecule has 0 bridgehead atoms. The summed E-state index contributed by atoms with van der Waals surface area (Å²) in [6.07, 6.45) is 2.64. The highest BCUT2D eigenvalue weighted by molar-refractivity contribution is 5.95. The molecule has 0 aliphatic heterocycles. The van der Waals surface area contributed by atoms with Gasteiger partial charge in [-0.25, -0.2) is 9.97 Å². The van der Waals surface area contributed by atoms with Crippen molar-refractivity contribution in [3.8, 4) is 0 Å². The summed E-state index contributed by atoms with van der Waals surface area (Å²) in [7, 11) is 0. The molecule has 1 heterocycles. The van der Waals surface area contributed by atoms with Gasteiger partial charge in [-0.15, -0.1) is 0 Å². The number of carbonyl (C=O) groups excluding carboxylic acids is 1. The molecule has 6 heteroatoms. The van der Waals surface area contributed by atoms with Crippen molar-refractivity contribution in [1.82, 2.24) is 9.97 Å². The van der Waals surface area contributed by atoms with Crippen LogP contribution >= 0.6 is 0 Å². The zero-order chi connectivity index (χ0) is 8.97. The quantitative estimate of drug-likeness (QED) is 0.354. The lowest BCUT2D eigenvalue weighted by molar-refractivity contribution is 0.0999. The standard InChI is InChI=1S/C6H5N5O/c1-4-5(2-8-3-9-4)6(12)10-11-7/h2-3H,1H3. The summed E-state index contributed by atoms with van der Waals surface area (Å²) in [4.78, 5) is 20.7. The van der Waals surface area contributed by atoms with Crippen molar-refractivity contribution in [2.75, 3.05) is 0 Å². The zero-order valence-electron chi connectivity index (χ0n) is 6.30. The Balaban J connectivity index is 3.11. The Morgan fingerprint density at radius 2 is 2.50 bits per heavy atom. The third kappa shape index (κ3) is 1.56. The molecular weight excluding hydrogens is 158 g/mol. The minimum Gasteiger partial charge on any atom is -0.287 e. The van der Waals surface area contributed by atoms with E-state index in [9.17, 15) is 4.79 Å². The van der Waals surface area contributed by atoms with Gasteiger partial charge in [0, 0.05) is 11.1 Å². The van der Waals surface area contributed by atoms with Crippen molar-refractivity contribution >= 4 is 5.91 Å². The fraction of sp³-hybridized carbons (Fsp3) is 0.167. The van der Waals surface area contributed by atoms with Gasteiger partial charge in [0.1, 0.15) is 6.33 Å². The van der Waals surface area contributed by atoms with Gasteiger partial charge in [-0.3, -0.25) is 4.79 Å². The van der Waals surface area contributed by atoms with E-state index in [0.717, 1.165) is 0 Å². The summed E-state index contributed by atoms with van der Waals surface area (Å²) in [6.45, 7) is 1.64. The van der Waals surface area contributed by atoms with Crippen molar-refractivity contribution < 1.29 is 4.79 Å². The van der Waals surface area contributed by atoms with Gasteiger partial charge in [-0.2, -0.15) is 0 Å². The van der Waals surface area contributed by atoms with E-state index in [-0.39, 0.29) is 5.56 Å². The van der Waals surface area contributed by atoms with Crippen molar-refractivity contribution in [2.45, 2.75) is 6.92 Å². The Bertz CT molecular complexity index is 355. The van der Waals surface area contributed by atoms with Crippen LogP contribution < -0.4 is 0 Å². The normalized spacial score (nSPS) is 8.75. The lowest BCUT2D eigenvalue weighted by atomic mass is 10.2. The summed E-state index contributed by atoms with van der Waals surface area (Å²) in [5.41, 5.74) is 8.72. The molecule has 1 aromatic heterocycles. The lowest BCUT2D eigenvalue weighted by Gasteiger charge is -1.95. The third-order valence-corrected chi connectivity index (χ3v) is 1.28. The first kappa shape index (κ1) is 8.16. The molecule has 0 saturated carbocycles. The molecule has 0 fully saturated rings. The summed E-state index contributed by atoms with van der Waals surface area (Å²) in [5, 5.41) is 2.92. The highest BCUT2D eigenvalue weighted by Crippen LogP contribution is 2.03. The Labute approximate surface area is 67.9 Å². The first-order valence-electron chi connectivity index (χ1n) is 3.11. The Hall–Kier alpha value is -1.94. The number of aryl methyl sites for hydroxylation is 1. The molecule has 1 rings (SSSR count). The summed E-state index contributed by atoms with van der Waals surface area (Å²) >= 11 is 0. The van der Waals surface area contributed by atoms with E-state index in [0.29, 0.717) is 5.69 Å². The maximum absolute atomic E-state index is 11.0. The number of aromatic nitrogens is 2. The largest absolute Gasteiger partial charge is 0.287 e. The van der Waals surface area contributed by atoms with Gasteiger partial charge in [0.15, 0.2) is 0 Å². The van der Waals surface area contributed by atoms with Gasteiger partial charge in [-0.1, -0.05) is 0 Å². The zero-order valence-corrected chi connectivity index (χ0v) is 6.30. The molecule has 6 nitrogen and oxygen atoms in total. The van der Waals surface area contributed by atoms with Gasteiger partial charge in [-0.05, 0) is 17.6 Å². The van der Waals surface area contributed by atoms with E-state index < -0.39 is 5.91 Å². The van der Waals surface area contributed by atoms with Crippen LogP contribution in [0.3, 0.4) is 0 Å². The molecule has 0 aromatic carbocycles. The molecule has 0 unspecified atom stereocenters. The third-order valence-electron chi connectivity index (χ3n) is 1.28. The number of rotatable bonds is 1. The van der Waals surface area contributed by atoms with Gasteiger partial charge in [0.05, 0.1) is 11.3 Å². The number of amides is 1. The van der Waals surface area contributed by atoms with Crippen molar-refractivity contribution in [3.63, 3.8) is 0 Å². The van der Waals surface area contributed by atoms with Crippen LogP contribution in [0.5, 0.6) is 0 Å². The lowest BCUT2D eigenvalue weighted by Crippen LogP contribution is -1.99. The molecule has 0 radical (unpaired) electrons. The first-order valence-corrected chi connectivity index (χ1v) is 3.11. The number of carbonyl (C=O) groups is 1. The highest BCUT2D eigenvalue weighted by Gasteiger charge is 2.06. The van der Waals surface area contributed by atoms with Crippen LogP contribution in [0.2, 0.25) is 0 Å². The van der Waals surface area contributed by atoms with Crippen LogP contribution in [0, 0.1) is 6.92 Å². The van der Waals surface area contributed by atoms with Crippen molar-refractivity contribution in [3.05, 3.63) is 34.2 Å². The predicted molar refractivity (Wildman–Crippen MR) is 40.2 cm³/mol. The minimum atomic E-state index is -0.657. The van der Waals surface area contributed by atoms with Crippen LogP contribution in [0.25, 0.3) is 10.4 Å². The second-order valence-electron chi connectivity index (χ2n) is 2.02. The number of hydrogen-bond donors (Lipinski definition) is 0. The van der Waals surface area contributed by atoms with E-state index in [4.69, 9.17) is 5.53 Å². The molecule has 0 saturated heterocycles. The highest BCUT2D eigenvalue weighted by atomic mass is 16.1. The van der Waals surface area contributed by atoms with Gasteiger partial charge in [0.2, 0.25) is 0 Å². The maximum atomic E-state index is 11.0. The second kappa shape index (κ2) is 3.45. The second-order valence-corrected chi connectivity index (χ2v) is 2.02. The summed E-state index contributed by atoms with van der Waals surface area (Å²) in [5.74, 6) is -0.657. The van der Waals surface area contributed by atoms with Crippen molar-refractivity contribution in [2.24, 2.45) is 5.11 Å². The topological polar surface area (TPSA) is 91.6 Å². The van der Waals surface area contributed by atoms with Gasteiger partial charge >= 0.3 is 0 Å². The van der Waals surface area contributed by atoms with E-state index in [1.165, 1.54) is 12.5 Å². The molecule has 0 spiro atoms. The van der Waals surface area contributed by atoms with E-state index >= 15 is 0 Å². The first-order chi connectivity index (χ1) is 5.75. The maximum Gasteiger partial charge on any atom is 0.252 e. The van der Waals surface area contributed by atoms with Crippen LogP contribution in [-0.2, 0) is 0 Å². The molecule has 0 atom stereocenters. The summed E-state index contributed by atoms with van der Waals surface area (Å²) < 4.78 is 0. The summed E-state index contributed by atoms with van der Waals surface area (Å²) in [6, 6.07) is 0. The predicted octanol–water partition coefficient (Wildman–Crippen LogP) is 1.24. The van der Waals surface area contributed by atoms with Gasteiger partial charge < -0.3 is 0 Å². The molecule has 1 aromatic rings. The molecule has 60 valence electrons. The van der Waals surface area contributed by atoms with Crippen molar-refractivity contribution in [1.29, 1.82) is 0 Å². The Morgan fingerprint density at radius 3 is 3.08 bits per heavy atom. The smallest absolute Gasteiger partial charge is 0.252 e. The van der Waals surface area contributed by atoms with Gasteiger partial charge in [0.25, 0.3) is 5.91 Å².